The van der Waals surface area contributed by atoms with E-state index in [9.17, 15) is 8.78 Å². The van der Waals surface area contributed by atoms with E-state index in [0.29, 0.717) is 18.6 Å². The summed E-state index contributed by atoms with van der Waals surface area (Å²) >= 11 is 3.49. The number of hydrogen-bond acceptors (Lipinski definition) is 1. The van der Waals surface area contributed by atoms with Gasteiger partial charge in [0.05, 0.1) is 6.61 Å². The molecular weight excluding hydrogens is 290 g/mol. The molecule has 4 heteroatoms. The molecule has 1 heterocycles. The van der Waals surface area contributed by atoms with Crippen LogP contribution in [0.5, 0.6) is 0 Å². The summed E-state index contributed by atoms with van der Waals surface area (Å²) in [5.41, 5.74) is 0.507. The Kier molecular flexibility index (Phi) is 4.15. The van der Waals surface area contributed by atoms with Crippen LogP contribution in [0, 0.1) is 17.0 Å². The average molecular weight is 305 g/mol. The second kappa shape index (κ2) is 5.44. The molecule has 1 unspecified atom stereocenters. The molecule has 1 aliphatic heterocycles. The summed E-state index contributed by atoms with van der Waals surface area (Å²) in [5, 5.41) is 0.775. The van der Waals surface area contributed by atoms with E-state index in [0.717, 1.165) is 30.8 Å². The third-order valence-corrected chi connectivity index (χ3v) is 4.46. The molecule has 0 aromatic heterocycles. The Morgan fingerprint density at radius 3 is 2.76 bits per heavy atom. The number of ether oxygens (including phenoxy) is 1. The molecule has 2 rings (SSSR count). The van der Waals surface area contributed by atoms with Crippen molar-refractivity contribution >= 4 is 15.9 Å². The Labute approximate surface area is 108 Å². The van der Waals surface area contributed by atoms with Crippen LogP contribution in [-0.2, 0) is 11.2 Å². The van der Waals surface area contributed by atoms with E-state index in [2.05, 4.69) is 15.9 Å². The molecule has 0 spiro atoms. The van der Waals surface area contributed by atoms with Crippen molar-refractivity contribution in [1.82, 2.24) is 0 Å². The third-order valence-electron chi connectivity index (χ3n) is 3.27. The molecule has 0 aliphatic carbocycles. The fourth-order valence-electron chi connectivity index (χ4n) is 2.27. The fraction of sp³-hybridized carbons (Fsp3) is 0.538. The summed E-state index contributed by atoms with van der Waals surface area (Å²) in [7, 11) is 0. The minimum atomic E-state index is -0.529. The van der Waals surface area contributed by atoms with Crippen molar-refractivity contribution < 1.29 is 13.5 Å². The minimum absolute atomic E-state index is 0.0586. The largest absolute Gasteiger partial charge is 0.381 e. The lowest BCUT2D eigenvalue weighted by molar-refractivity contribution is 0.00577. The summed E-state index contributed by atoms with van der Waals surface area (Å²) < 4.78 is 31.9. The van der Waals surface area contributed by atoms with Crippen LogP contribution in [0.15, 0.2) is 18.2 Å². The first-order valence-corrected chi connectivity index (χ1v) is 6.85. The van der Waals surface area contributed by atoms with Gasteiger partial charge in [0, 0.05) is 23.4 Å². The maximum absolute atomic E-state index is 13.6. The highest BCUT2D eigenvalue weighted by atomic mass is 79.9. The Morgan fingerprint density at radius 1 is 1.35 bits per heavy atom. The SMILES string of the molecule is Fc1ccc(CC2(CBr)CCCOC2)c(F)c1. The van der Waals surface area contributed by atoms with Crippen molar-refractivity contribution in [3.63, 3.8) is 0 Å². The van der Waals surface area contributed by atoms with Crippen molar-refractivity contribution in [2.45, 2.75) is 19.3 Å². The second-order valence-corrected chi connectivity index (χ2v) is 5.26. The zero-order valence-corrected chi connectivity index (χ0v) is 11.1. The normalized spacial score (nSPS) is 24.9. The van der Waals surface area contributed by atoms with Crippen LogP contribution in [-0.4, -0.2) is 18.5 Å². The molecule has 0 amide bonds. The van der Waals surface area contributed by atoms with Gasteiger partial charge < -0.3 is 4.74 Å². The van der Waals surface area contributed by atoms with Gasteiger partial charge in [-0.2, -0.15) is 0 Å². The molecule has 1 nitrogen and oxygen atoms in total. The van der Waals surface area contributed by atoms with Crippen LogP contribution in [0.4, 0.5) is 8.78 Å². The predicted molar refractivity (Wildman–Crippen MR) is 66.3 cm³/mol. The number of benzene rings is 1. The molecule has 1 aromatic carbocycles. The third kappa shape index (κ3) is 3.05. The molecule has 1 atom stereocenters. The highest BCUT2D eigenvalue weighted by Crippen LogP contribution is 2.35. The maximum Gasteiger partial charge on any atom is 0.129 e. The van der Waals surface area contributed by atoms with E-state index in [1.165, 1.54) is 12.1 Å². The molecule has 1 fully saturated rings. The van der Waals surface area contributed by atoms with Crippen molar-refractivity contribution in [2.75, 3.05) is 18.5 Å². The zero-order valence-electron chi connectivity index (χ0n) is 9.52. The average Bonchev–Trinajstić information content (AvgIpc) is 2.34. The topological polar surface area (TPSA) is 9.23 Å². The van der Waals surface area contributed by atoms with Gasteiger partial charge in [0.25, 0.3) is 0 Å². The van der Waals surface area contributed by atoms with E-state index in [-0.39, 0.29) is 5.41 Å². The van der Waals surface area contributed by atoms with Gasteiger partial charge in [0.2, 0.25) is 0 Å². The first-order valence-electron chi connectivity index (χ1n) is 5.73. The molecule has 1 aliphatic rings. The van der Waals surface area contributed by atoms with Gasteiger partial charge in [-0.25, -0.2) is 8.78 Å². The van der Waals surface area contributed by atoms with Gasteiger partial charge in [-0.1, -0.05) is 22.0 Å². The lowest BCUT2D eigenvalue weighted by Gasteiger charge is -2.35. The van der Waals surface area contributed by atoms with Gasteiger partial charge in [-0.3, -0.25) is 0 Å². The van der Waals surface area contributed by atoms with Crippen LogP contribution in [0.1, 0.15) is 18.4 Å². The first-order chi connectivity index (χ1) is 8.15. The highest BCUT2D eigenvalue weighted by Gasteiger charge is 2.32. The van der Waals surface area contributed by atoms with Gasteiger partial charge >= 0.3 is 0 Å². The fourth-order valence-corrected chi connectivity index (χ4v) is 2.91. The Hall–Kier alpha value is -0.480. The Bertz CT molecular complexity index is 389. The number of halogens is 3. The van der Waals surface area contributed by atoms with E-state index < -0.39 is 11.6 Å². The van der Waals surface area contributed by atoms with Crippen LogP contribution in [0.25, 0.3) is 0 Å². The van der Waals surface area contributed by atoms with E-state index in [1.807, 2.05) is 0 Å². The maximum atomic E-state index is 13.6. The molecule has 0 bridgehead atoms. The van der Waals surface area contributed by atoms with E-state index >= 15 is 0 Å². The quantitative estimate of drug-likeness (QED) is 0.774. The van der Waals surface area contributed by atoms with Gasteiger partial charge in [0.15, 0.2) is 0 Å². The van der Waals surface area contributed by atoms with Crippen molar-refractivity contribution in [3.05, 3.63) is 35.4 Å². The minimum Gasteiger partial charge on any atom is -0.381 e. The number of rotatable bonds is 3. The molecule has 1 saturated heterocycles. The molecule has 0 N–H and O–H groups in total. The lowest BCUT2D eigenvalue weighted by Crippen LogP contribution is -2.35. The van der Waals surface area contributed by atoms with E-state index in [1.54, 1.807) is 0 Å². The Morgan fingerprint density at radius 2 is 2.18 bits per heavy atom. The Balaban J connectivity index is 2.17. The summed E-state index contributed by atoms with van der Waals surface area (Å²) in [5.74, 6) is -0.991. The molecular formula is C13H15BrF2O. The molecule has 1 aromatic rings. The lowest BCUT2D eigenvalue weighted by atomic mass is 9.79. The summed E-state index contributed by atoms with van der Waals surface area (Å²) in [6, 6.07) is 3.79. The van der Waals surface area contributed by atoms with Crippen molar-refractivity contribution in [2.24, 2.45) is 5.41 Å². The van der Waals surface area contributed by atoms with Gasteiger partial charge in [-0.15, -0.1) is 0 Å². The smallest absolute Gasteiger partial charge is 0.129 e. The molecule has 17 heavy (non-hydrogen) atoms. The molecule has 94 valence electrons. The van der Waals surface area contributed by atoms with Crippen LogP contribution < -0.4 is 0 Å². The second-order valence-electron chi connectivity index (χ2n) is 4.70. The summed E-state index contributed by atoms with van der Waals surface area (Å²) in [4.78, 5) is 0. The first kappa shape index (κ1) is 13.0. The number of hydrogen-bond donors (Lipinski definition) is 0. The predicted octanol–water partition coefficient (Wildman–Crippen LogP) is 3.70. The van der Waals surface area contributed by atoms with Crippen molar-refractivity contribution in [3.8, 4) is 0 Å². The van der Waals surface area contributed by atoms with E-state index in [4.69, 9.17) is 4.74 Å². The molecule has 0 saturated carbocycles. The summed E-state index contributed by atoms with van der Waals surface area (Å²) in [6.45, 7) is 1.41. The van der Waals surface area contributed by atoms with Gasteiger partial charge in [-0.05, 0) is 30.9 Å². The van der Waals surface area contributed by atoms with Crippen LogP contribution in [0.2, 0.25) is 0 Å². The highest BCUT2D eigenvalue weighted by molar-refractivity contribution is 9.09. The molecule has 0 radical (unpaired) electrons. The monoisotopic (exact) mass is 304 g/mol. The van der Waals surface area contributed by atoms with Crippen molar-refractivity contribution in [1.29, 1.82) is 0 Å². The van der Waals surface area contributed by atoms with Crippen LogP contribution >= 0.6 is 15.9 Å². The van der Waals surface area contributed by atoms with Gasteiger partial charge in [0.1, 0.15) is 11.6 Å². The van der Waals surface area contributed by atoms with Crippen LogP contribution in [0.3, 0.4) is 0 Å². The summed E-state index contributed by atoms with van der Waals surface area (Å²) in [6.07, 6.45) is 2.59. The number of alkyl halides is 1. The zero-order chi connectivity index (χ0) is 12.3. The standard InChI is InChI=1S/C13H15BrF2O/c14-8-13(4-1-5-17-9-13)7-10-2-3-11(15)6-12(10)16/h2-3,6H,1,4-5,7-9H2.